The van der Waals surface area contributed by atoms with Crippen molar-refractivity contribution in [2.75, 3.05) is 7.05 Å². The smallest absolute Gasteiger partial charge is 0.410 e. The third-order valence-corrected chi connectivity index (χ3v) is 3.37. The van der Waals surface area contributed by atoms with E-state index in [4.69, 9.17) is 16.3 Å². The van der Waals surface area contributed by atoms with Gasteiger partial charge in [0.1, 0.15) is 12.4 Å². The Morgan fingerprint density at radius 1 is 1.48 bits per heavy atom. The number of benzene rings is 1. The second-order valence-electron chi connectivity index (χ2n) is 5.58. The Labute approximate surface area is 128 Å². The summed E-state index contributed by atoms with van der Waals surface area (Å²) in [5.74, 6) is -0.660. The molecule has 0 bridgehead atoms. The van der Waals surface area contributed by atoms with E-state index in [-0.39, 0.29) is 17.7 Å². The van der Waals surface area contributed by atoms with Gasteiger partial charge in [-0.2, -0.15) is 0 Å². The summed E-state index contributed by atoms with van der Waals surface area (Å²) in [6, 6.07) is 4.05. The van der Waals surface area contributed by atoms with Gasteiger partial charge in [-0.1, -0.05) is 23.7 Å². The van der Waals surface area contributed by atoms with Crippen LogP contribution in [0.3, 0.4) is 0 Å². The molecule has 1 amide bonds. The number of alkyl halides is 1. The predicted octanol–water partition coefficient (Wildman–Crippen LogP) is 4.20. The monoisotopic (exact) mass is 316 g/mol. The molecule has 0 aliphatic heterocycles. The van der Waals surface area contributed by atoms with Crippen LogP contribution in [-0.2, 0) is 11.3 Å². The number of nitroso groups, excluding NO2 is 1. The van der Waals surface area contributed by atoms with Gasteiger partial charge in [-0.3, -0.25) is 0 Å². The number of carbonyl (C=O) groups excluding carboxylic acids is 1. The highest BCUT2D eigenvalue weighted by atomic mass is 35.5. The van der Waals surface area contributed by atoms with E-state index in [1.54, 1.807) is 7.05 Å². The Morgan fingerprint density at radius 3 is 2.57 bits per heavy atom. The lowest BCUT2D eigenvalue weighted by molar-refractivity contribution is 0.0758. The zero-order chi connectivity index (χ0) is 16.2. The van der Waals surface area contributed by atoms with E-state index in [1.165, 1.54) is 23.1 Å². The van der Waals surface area contributed by atoms with E-state index in [1.807, 2.05) is 20.8 Å². The lowest BCUT2D eigenvalue weighted by Gasteiger charge is -2.30. The third-order valence-electron chi connectivity index (χ3n) is 3.06. The highest BCUT2D eigenvalue weighted by molar-refractivity contribution is 6.20. The van der Waals surface area contributed by atoms with Crippen molar-refractivity contribution in [3.05, 3.63) is 40.1 Å². The summed E-state index contributed by atoms with van der Waals surface area (Å²) in [6.45, 7) is 5.54. The van der Waals surface area contributed by atoms with Crippen LogP contribution in [0.4, 0.5) is 9.18 Å². The van der Waals surface area contributed by atoms with Crippen molar-refractivity contribution in [1.29, 1.82) is 0 Å². The van der Waals surface area contributed by atoms with Gasteiger partial charge in [0, 0.05) is 18.2 Å². The summed E-state index contributed by atoms with van der Waals surface area (Å²) >= 11 is 5.56. The molecule has 116 valence electrons. The number of carbonyl (C=O) groups is 1. The van der Waals surface area contributed by atoms with Crippen molar-refractivity contribution >= 4 is 17.7 Å². The summed E-state index contributed by atoms with van der Waals surface area (Å²) in [5, 5.41) is 2.56. The fourth-order valence-corrected chi connectivity index (χ4v) is 1.60. The molecule has 0 N–H and O–H groups in total. The number of rotatable bonds is 4. The molecule has 0 saturated heterocycles. The average Bonchev–Trinajstić information content (AvgIpc) is 2.42. The van der Waals surface area contributed by atoms with E-state index in [9.17, 15) is 14.1 Å². The summed E-state index contributed by atoms with van der Waals surface area (Å²) < 4.78 is 18.8. The minimum Gasteiger partial charge on any atom is -0.445 e. The Balaban J connectivity index is 2.71. The molecular weight excluding hydrogens is 299 g/mol. The maximum atomic E-state index is 13.7. The van der Waals surface area contributed by atoms with Crippen molar-refractivity contribution in [2.24, 2.45) is 5.18 Å². The maximum absolute atomic E-state index is 13.7. The van der Waals surface area contributed by atoms with Gasteiger partial charge in [-0.15, -0.1) is 4.91 Å². The van der Waals surface area contributed by atoms with E-state index in [0.717, 1.165) is 0 Å². The van der Waals surface area contributed by atoms with Crippen LogP contribution in [0.1, 0.15) is 37.4 Å². The fourth-order valence-electron chi connectivity index (χ4n) is 1.43. The Kier molecular flexibility index (Phi) is 5.66. The Bertz CT molecular complexity index is 531. The largest absolute Gasteiger partial charge is 0.445 e. The van der Waals surface area contributed by atoms with Gasteiger partial charge in [0.05, 0.1) is 0 Å². The fraction of sp³-hybridized carbons (Fsp3) is 0.500. The van der Waals surface area contributed by atoms with Crippen molar-refractivity contribution in [2.45, 2.75) is 38.4 Å². The van der Waals surface area contributed by atoms with Crippen LogP contribution in [0.2, 0.25) is 0 Å². The van der Waals surface area contributed by atoms with Crippen molar-refractivity contribution in [1.82, 2.24) is 4.90 Å². The molecule has 0 fully saturated rings. The lowest BCUT2D eigenvalue weighted by Crippen LogP contribution is -2.42. The molecule has 0 aromatic heterocycles. The molecule has 1 aromatic carbocycles. The van der Waals surface area contributed by atoms with Gasteiger partial charge in [-0.05, 0) is 37.6 Å². The lowest BCUT2D eigenvalue weighted by atomic mass is 10.1. The van der Waals surface area contributed by atoms with Crippen LogP contribution in [0.5, 0.6) is 0 Å². The maximum Gasteiger partial charge on any atom is 0.410 e. The highest BCUT2D eigenvalue weighted by Crippen LogP contribution is 2.25. The molecule has 7 heteroatoms. The molecule has 0 radical (unpaired) electrons. The molecule has 0 aliphatic rings. The normalized spacial score (nSPS) is 12.7. The molecule has 5 nitrogen and oxygen atoms in total. The van der Waals surface area contributed by atoms with Gasteiger partial charge in [0.25, 0.3) is 0 Å². The summed E-state index contributed by atoms with van der Waals surface area (Å²) in [7, 11) is 1.62. The van der Waals surface area contributed by atoms with Gasteiger partial charge in [0.15, 0.2) is 5.50 Å². The molecule has 1 rings (SSSR count). The van der Waals surface area contributed by atoms with Crippen LogP contribution in [-0.4, -0.2) is 23.6 Å². The zero-order valence-electron chi connectivity index (χ0n) is 12.4. The first-order valence-electron chi connectivity index (χ1n) is 6.32. The van der Waals surface area contributed by atoms with Crippen LogP contribution in [0, 0.1) is 10.7 Å². The zero-order valence-corrected chi connectivity index (χ0v) is 13.1. The molecule has 1 unspecified atom stereocenters. The minimum atomic E-state index is -1.27. The first-order chi connectivity index (χ1) is 9.66. The molecular formula is C14H18ClFN2O3. The van der Waals surface area contributed by atoms with Crippen molar-refractivity contribution in [3.8, 4) is 0 Å². The van der Waals surface area contributed by atoms with Gasteiger partial charge in [0.2, 0.25) is 0 Å². The van der Waals surface area contributed by atoms with Crippen LogP contribution in [0.25, 0.3) is 0 Å². The number of ether oxygens (including phenoxy) is 1. The summed E-state index contributed by atoms with van der Waals surface area (Å²) in [5.41, 5.74) is -1.18. The predicted molar refractivity (Wildman–Crippen MR) is 78.5 cm³/mol. The molecule has 1 atom stereocenters. The Hall–Kier alpha value is -1.69. The minimum absolute atomic E-state index is 0.00597. The molecule has 0 spiro atoms. The molecule has 0 aliphatic carbocycles. The van der Waals surface area contributed by atoms with Crippen molar-refractivity contribution in [3.63, 3.8) is 0 Å². The van der Waals surface area contributed by atoms with E-state index < -0.39 is 17.4 Å². The number of hydrogen-bond acceptors (Lipinski definition) is 4. The van der Waals surface area contributed by atoms with E-state index >= 15 is 0 Å². The second kappa shape index (κ2) is 6.85. The van der Waals surface area contributed by atoms with Crippen LogP contribution < -0.4 is 0 Å². The first-order valence-corrected chi connectivity index (χ1v) is 6.76. The molecule has 21 heavy (non-hydrogen) atoms. The number of halogens is 2. The number of hydrogen-bond donors (Lipinski definition) is 0. The highest BCUT2D eigenvalue weighted by Gasteiger charge is 2.23. The Morgan fingerprint density at radius 2 is 2.10 bits per heavy atom. The first kappa shape index (κ1) is 17.4. The van der Waals surface area contributed by atoms with E-state index in [0.29, 0.717) is 5.56 Å². The average molecular weight is 317 g/mol. The van der Waals surface area contributed by atoms with Crippen LogP contribution >= 0.6 is 11.6 Å². The summed E-state index contributed by atoms with van der Waals surface area (Å²) in [4.78, 5) is 23.6. The third kappa shape index (κ3) is 4.67. The van der Waals surface area contributed by atoms with Gasteiger partial charge < -0.3 is 9.64 Å². The summed E-state index contributed by atoms with van der Waals surface area (Å²) in [6.07, 6.45) is -0.503. The van der Waals surface area contributed by atoms with Crippen molar-refractivity contribution < 1.29 is 13.9 Å². The van der Waals surface area contributed by atoms with Gasteiger partial charge >= 0.3 is 6.09 Å². The topological polar surface area (TPSA) is 59.0 Å². The SMILES string of the molecule is CN(C(=O)OCc1ccc(C(Cl)N=O)c(F)c1)C(C)(C)C. The number of amides is 1. The molecule has 1 aromatic rings. The van der Waals surface area contributed by atoms with Gasteiger partial charge in [-0.25, -0.2) is 9.18 Å². The van der Waals surface area contributed by atoms with E-state index in [2.05, 4.69) is 5.18 Å². The van der Waals surface area contributed by atoms with Crippen LogP contribution in [0.15, 0.2) is 23.4 Å². The standard InChI is InChI=1S/C14H18ClFN2O3/c1-14(2,3)18(4)13(19)21-8-9-5-6-10(11(16)7-9)12(15)17-20/h5-7,12H,8H2,1-4H3. The number of nitrogens with zero attached hydrogens (tertiary/aromatic N) is 2. The molecule has 0 heterocycles. The quantitative estimate of drug-likeness (QED) is 0.475. The molecule has 0 saturated carbocycles. The second-order valence-corrected chi connectivity index (χ2v) is 5.99.